The van der Waals surface area contributed by atoms with Crippen LogP contribution in [0.1, 0.15) is 19.8 Å². The molecule has 0 bridgehead atoms. The highest BCUT2D eigenvalue weighted by Crippen LogP contribution is 2.15. The van der Waals surface area contributed by atoms with Crippen LogP contribution in [0.3, 0.4) is 0 Å². The van der Waals surface area contributed by atoms with Gasteiger partial charge in [-0.1, -0.05) is 25.1 Å². The summed E-state index contributed by atoms with van der Waals surface area (Å²) in [5, 5.41) is 3.18. The van der Waals surface area contributed by atoms with Crippen LogP contribution in [0.15, 0.2) is 40.2 Å². The minimum atomic E-state index is -3.24. The van der Waals surface area contributed by atoms with Crippen molar-refractivity contribution >= 4 is 15.8 Å². The molecule has 1 unspecified atom stereocenters. The smallest absolute Gasteiger partial charge is 0.193 e. The van der Waals surface area contributed by atoms with Crippen molar-refractivity contribution in [2.24, 2.45) is 10.9 Å². The minimum absolute atomic E-state index is 0.0689. The van der Waals surface area contributed by atoms with Gasteiger partial charge in [-0.2, -0.15) is 0 Å². The van der Waals surface area contributed by atoms with Crippen LogP contribution in [0.4, 0.5) is 0 Å². The molecule has 22 heavy (non-hydrogen) atoms. The number of piperidine rings is 1. The number of nitrogens with one attached hydrogen (secondary N) is 1. The van der Waals surface area contributed by atoms with Crippen molar-refractivity contribution in [1.82, 2.24) is 10.2 Å². The van der Waals surface area contributed by atoms with Gasteiger partial charge in [0, 0.05) is 26.7 Å². The third kappa shape index (κ3) is 4.47. The Balaban J connectivity index is 1.89. The van der Waals surface area contributed by atoms with E-state index >= 15 is 0 Å². The summed E-state index contributed by atoms with van der Waals surface area (Å²) in [5.74, 6) is 1.52. The number of hydrogen-bond donors (Lipinski definition) is 1. The van der Waals surface area contributed by atoms with E-state index in [0.29, 0.717) is 17.4 Å². The number of sulfone groups is 1. The molecule has 122 valence electrons. The Morgan fingerprint density at radius 2 is 2.09 bits per heavy atom. The summed E-state index contributed by atoms with van der Waals surface area (Å²) in [6.07, 6.45) is 2.40. The van der Waals surface area contributed by atoms with E-state index in [4.69, 9.17) is 0 Å². The average molecular weight is 323 g/mol. The lowest BCUT2D eigenvalue weighted by molar-refractivity contribution is 0.266. The molecule has 0 radical (unpaired) electrons. The van der Waals surface area contributed by atoms with Crippen LogP contribution in [0.2, 0.25) is 0 Å². The summed E-state index contributed by atoms with van der Waals surface area (Å²) >= 11 is 0. The van der Waals surface area contributed by atoms with Gasteiger partial charge in [0.15, 0.2) is 15.8 Å². The standard InChI is InChI=1S/C16H25N3O2S/c1-14-7-6-11-19(13-14)16(17-2)18-10-12-22(20,21)15-8-4-3-5-9-15/h3-5,8-9,14H,6-7,10-13H2,1-2H3,(H,17,18). The van der Waals surface area contributed by atoms with Crippen LogP contribution in [0, 0.1) is 5.92 Å². The molecule has 1 aliphatic rings. The zero-order chi connectivity index (χ0) is 16.0. The highest BCUT2D eigenvalue weighted by Gasteiger charge is 2.20. The monoisotopic (exact) mass is 323 g/mol. The van der Waals surface area contributed by atoms with Gasteiger partial charge in [0.1, 0.15) is 0 Å². The van der Waals surface area contributed by atoms with Crippen LogP contribution in [-0.2, 0) is 9.84 Å². The van der Waals surface area contributed by atoms with E-state index in [0.717, 1.165) is 25.5 Å². The molecule has 1 saturated heterocycles. The zero-order valence-electron chi connectivity index (χ0n) is 13.3. The summed E-state index contributed by atoms with van der Waals surface area (Å²) in [5.41, 5.74) is 0. The molecule has 1 heterocycles. The predicted octanol–water partition coefficient (Wildman–Crippen LogP) is 1.77. The predicted molar refractivity (Wildman–Crippen MR) is 89.8 cm³/mol. The maximum Gasteiger partial charge on any atom is 0.193 e. The van der Waals surface area contributed by atoms with Gasteiger partial charge in [-0.25, -0.2) is 8.42 Å². The molecule has 6 heteroatoms. The van der Waals surface area contributed by atoms with E-state index < -0.39 is 9.84 Å². The Bertz CT molecular complexity index is 599. The van der Waals surface area contributed by atoms with Crippen molar-refractivity contribution in [3.05, 3.63) is 30.3 Å². The van der Waals surface area contributed by atoms with Crippen molar-refractivity contribution in [2.45, 2.75) is 24.7 Å². The van der Waals surface area contributed by atoms with Gasteiger partial charge in [-0.05, 0) is 30.9 Å². The largest absolute Gasteiger partial charge is 0.355 e. The molecule has 0 saturated carbocycles. The molecule has 1 aliphatic heterocycles. The second-order valence-corrected chi connectivity index (χ2v) is 7.91. The Labute approximate surface area is 133 Å². The lowest BCUT2D eigenvalue weighted by Gasteiger charge is -2.33. The average Bonchev–Trinajstić information content (AvgIpc) is 2.52. The van der Waals surface area contributed by atoms with E-state index in [-0.39, 0.29) is 5.75 Å². The van der Waals surface area contributed by atoms with Crippen molar-refractivity contribution in [3.8, 4) is 0 Å². The molecule has 0 amide bonds. The Kier molecular flexibility index (Phi) is 5.83. The van der Waals surface area contributed by atoms with Crippen LogP contribution in [0.5, 0.6) is 0 Å². The first-order valence-corrected chi connectivity index (χ1v) is 9.41. The van der Waals surface area contributed by atoms with E-state index in [1.54, 1.807) is 31.3 Å². The molecule has 1 N–H and O–H groups in total. The normalized spacial score (nSPS) is 20.0. The zero-order valence-corrected chi connectivity index (χ0v) is 14.1. The second kappa shape index (κ2) is 7.63. The maximum absolute atomic E-state index is 12.2. The first-order chi connectivity index (χ1) is 10.5. The SMILES string of the molecule is CN=C(NCCS(=O)(=O)c1ccccc1)N1CCCC(C)C1. The molecule has 0 spiro atoms. The van der Waals surface area contributed by atoms with Crippen molar-refractivity contribution in [3.63, 3.8) is 0 Å². The number of aliphatic imine (C=N–C) groups is 1. The van der Waals surface area contributed by atoms with E-state index in [9.17, 15) is 8.42 Å². The number of nitrogens with zero attached hydrogens (tertiary/aromatic N) is 2. The Hall–Kier alpha value is -1.56. The molecular weight excluding hydrogens is 298 g/mol. The molecule has 1 aromatic carbocycles. The first-order valence-electron chi connectivity index (χ1n) is 7.76. The second-order valence-electron chi connectivity index (χ2n) is 5.80. The maximum atomic E-state index is 12.2. The summed E-state index contributed by atoms with van der Waals surface area (Å²) < 4.78 is 24.5. The summed E-state index contributed by atoms with van der Waals surface area (Å²) in [4.78, 5) is 6.86. The van der Waals surface area contributed by atoms with Gasteiger partial charge in [-0.3, -0.25) is 4.99 Å². The molecule has 1 aromatic rings. The van der Waals surface area contributed by atoms with Gasteiger partial charge in [0.05, 0.1) is 10.6 Å². The number of likely N-dealkylation sites (tertiary alicyclic amines) is 1. The van der Waals surface area contributed by atoms with Crippen molar-refractivity contribution < 1.29 is 8.42 Å². The highest BCUT2D eigenvalue weighted by molar-refractivity contribution is 7.91. The number of guanidine groups is 1. The minimum Gasteiger partial charge on any atom is -0.355 e. The lowest BCUT2D eigenvalue weighted by Crippen LogP contribution is -2.47. The van der Waals surface area contributed by atoms with Gasteiger partial charge >= 0.3 is 0 Å². The number of benzene rings is 1. The fraction of sp³-hybridized carbons (Fsp3) is 0.562. The lowest BCUT2D eigenvalue weighted by atomic mass is 10.0. The first kappa shape index (κ1) is 16.8. The third-order valence-corrected chi connectivity index (χ3v) is 5.66. The fourth-order valence-electron chi connectivity index (χ4n) is 2.76. The van der Waals surface area contributed by atoms with Crippen LogP contribution in [0.25, 0.3) is 0 Å². The van der Waals surface area contributed by atoms with E-state index in [1.807, 2.05) is 6.07 Å². The molecule has 1 fully saturated rings. The molecule has 5 nitrogen and oxygen atoms in total. The fourth-order valence-corrected chi connectivity index (χ4v) is 3.94. The molecular formula is C16H25N3O2S. The summed E-state index contributed by atoms with van der Waals surface area (Å²) in [6, 6.07) is 8.58. The molecule has 0 aromatic heterocycles. The van der Waals surface area contributed by atoms with Crippen molar-refractivity contribution in [2.75, 3.05) is 32.4 Å². The van der Waals surface area contributed by atoms with Gasteiger partial charge in [-0.15, -0.1) is 0 Å². The quantitative estimate of drug-likeness (QED) is 0.677. The van der Waals surface area contributed by atoms with E-state index in [2.05, 4.69) is 22.1 Å². The Morgan fingerprint density at radius 1 is 1.36 bits per heavy atom. The molecule has 1 atom stereocenters. The van der Waals surface area contributed by atoms with Gasteiger partial charge in [0.25, 0.3) is 0 Å². The number of hydrogen-bond acceptors (Lipinski definition) is 3. The van der Waals surface area contributed by atoms with Crippen LogP contribution >= 0.6 is 0 Å². The van der Waals surface area contributed by atoms with Crippen LogP contribution < -0.4 is 5.32 Å². The molecule has 0 aliphatic carbocycles. The molecule has 2 rings (SSSR count). The van der Waals surface area contributed by atoms with Crippen LogP contribution in [-0.4, -0.2) is 51.7 Å². The van der Waals surface area contributed by atoms with Gasteiger partial charge < -0.3 is 10.2 Å². The highest BCUT2D eigenvalue weighted by atomic mass is 32.2. The van der Waals surface area contributed by atoms with Crippen molar-refractivity contribution in [1.29, 1.82) is 0 Å². The van der Waals surface area contributed by atoms with E-state index in [1.165, 1.54) is 6.42 Å². The Morgan fingerprint density at radius 3 is 2.73 bits per heavy atom. The topological polar surface area (TPSA) is 61.8 Å². The summed E-state index contributed by atoms with van der Waals surface area (Å²) in [7, 11) is -1.50. The number of rotatable bonds is 4. The summed E-state index contributed by atoms with van der Waals surface area (Å²) in [6.45, 7) is 4.56. The van der Waals surface area contributed by atoms with Gasteiger partial charge in [0.2, 0.25) is 0 Å². The third-order valence-electron chi connectivity index (χ3n) is 3.92.